The molecule has 0 aromatic heterocycles. The molecular formula is C20H24F2N2O4. The summed E-state index contributed by atoms with van der Waals surface area (Å²) in [5, 5.41) is 11.5. The highest BCUT2D eigenvalue weighted by molar-refractivity contribution is 6.01. The second-order valence-corrected chi connectivity index (χ2v) is 8.06. The molecule has 3 fully saturated rings. The maximum absolute atomic E-state index is 14.7. The molecule has 3 aliphatic heterocycles. The van der Waals surface area contributed by atoms with Crippen LogP contribution in [0.4, 0.5) is 14.5 Å². The third-order valence-electron chi connectivity index (χ3n) is 6.24. The molecule has 3 aliphatic rings. The first-order chi connectivity index (χ1) is 13.4. The van der Waals surface area contributed by atoms with Crippen LogP contribution in [-0.2, 0) is 14.3 Å². The molecule has 1 aromatic carbocycles. The quantitative estimate of drug-likeness (QED) is 0.765. The zero-order valence-electron chi connectivity index (χ0n) is 15.5. The molecule has 0 bridgehead atoms. The Bertz CT molecular complexity index is 769. The number of rotatable bonds is 3. The Labute approximate surface area is 161 Å². The van der Waals surface area contributed by atoms with Crippen molar-refractivity contribution in [1.82, 2.24) is 5.32 Å². The number of nitrogens with zero attached hydrogens (tertiary/aromatic N) is 1. The summed E-state index contributed by atoms with van der Waals surface area (Å²) in [6.07, 6.45) is 2.46. The highest BCUT2D eigenvalue weighted by Crippen LogP contribution is 2.40. The number of anilines is 1. The van der Waals surface area contributed by atoms with Gasteiger partial charge in [0.2, 0.25) is 11.8 Å². The fourth-order valence-electron chi connectivity index (χ4n) is 4.63. The summed E-state index contributed by atoms with van der Waals surface area (Å²) in [6, 6.07) is 2.54. The van der Waals surface area contributed by atoms with Crippen LogP contribution in [0.1, 0.15) is 43.6 Å². The topological polar surface area (TPSA) is 78.9 Å². The Hall–Kier alpha value is -2.06. The van der Waals surface area contributed by atoms with Crippen LogP contribution >= 0.6 is 0 Å². The number of benzene rings is 1. The summed E-state index contributed by atoms with van der Waals surface area (Å²) in [7, 11) is 0. The van der Waals surface area contributed by atoms with E-state index in [1.165, 1.54) is 12.1 Å². The predicted octanol–water partition coefficient (Wildman–Crippen LogP) is 1.85. The van der Waals surface area contributed by atoms with Gasteiger partial charge in [-0.3, -0.25) is 14.9 Å². The van der Waals surface area contributed by atoms with E-state index in [-0.39, 0.29) is 36.5 Å². The summed E-state index contributed by atoms with van der Waals surface area (Å²) in [5.41, 5.74) is -0.0714. The molecule has 1 aromatic rings. The Morgan fingerprint density at radius 3 is 2.46 bits per heavy atom. The minimum Gasteiger partial charge on any atom is -0.396 e. The number of hydrogen-bond acceptors (Lipinski definition) is 5. The van der Waals surface area contributed by atoms with E-state index in [0.29, 0.717) is 25.4 Å². The molecule has 1 spiro atoms. The van der Waals surface area contributed by atoms with Crippen LogP contribution in [0.5, 0.6) is 0 Å². The average molecular weight is 394 g/mol. The van der Waals surface area contributed by atoms with Gasteiger partial charge >= 0.3 is 0 Å². The van der Waals surface area contributed by atoms with E-state index < -0.39 is 29.4 Å². The van der Waals surface area contributed by atoms with Crippen molar-refractivity contribution in [1.29, 1.82) is 0 Å². The van der Waals surface area contributed by atoms with Gasteiger partial charge in [-0.05, 0) is 37.8 Å². The summed E-state index contributed by atoms with van der Waals surface area (Å²) in [6.45, 7) is 1.88. The summed E-state index contributed by atoms with van der Waals surface area (Å²) < 4.78 is 35.4. The van der Waals surface area contributed by atoms with E-state index in [1.54, 1.807) is 0 Å². The van der Waals surface area contributed by atoms with Crippen molar-refractivity contribution in [2.75, 3.05) is 31.2 Å². The minimum atomic E-state index is -0.987. The van der Waals surface area contributed by atoms with E-state index in [1.807, 2.05) is 4.90 Å². The molecule has 8 heteroatoms. The molecule has 28 heavy (non-hydrogen) atoms. The molecule has 0 aliphatic carbocycles. The first-order valence-electron chi connectivity index (χ1n) is 9.73. The molecule has 4 rings (SSSR count). The van der Waals surface area contributed by atoms with Gasteiger partial charge in [-0.1, -0.05) is 0 Å². The first kappa shape index (κ1) is 19.3. The van der Waals surface area contributed by atoms with Gasteiger partial charge in [-0.15, -0.1) is 0 Å². The van der Waals surface area contributed by atoms with Crippen molar-refractivity contribution in [3.05, 3.63) is 29.3 Å². The standard InChI is InChI=1S/C20H24F2N2O4/c21-15-7-13(8-16(22)18(15)14-1-2-17(26)23-19(14)27)24-5-3-20(4-6-24)9-12(10-25)11-28-20/h7-8,12,14,25H,1-6,9-11H2,(H,23,26,27). The van der Waals surface area contributed by atoms with Crippen LogP contribution in [0.3, 0.4) is 0 Å². The van der Waals surface area contributed by atoms with Crippen LogP contribution in [0, 0.1) is 17.6 Å². The van der Waals surface area contributed by atoms with Crippen molar-refractivity contribution >= 4 is 17.5 Å². The van der Waals surface area contributed by atoms with Gasteiger partial charge < -0.3 is 14.7 Å². The van der Waals surface area contributed by atoms with E-state index in [9.17, 15) is 23.5 Å². The van der Waals surface area contributed by atoms with Gasteiger partial charge in [0, 0.05) is 43.3 Å². The van der Waals surface area contributed by atoms with Gasteiger partial charge in [-0.2, -0.15) is 0 Å². The Morgan fingerprint density at radius 1 is 1.21 bits per heavy atom. The molecule has 2 unspecified atom stereocenters. The van der Waals surface area contributed by atoms with Gasteiger partial charge in [0.15, 0.2) is 0 Å². The van der Waals surface area contributed by atoms with Crippen LogP contribution in [0.25, 0.3) is 0 Å². The van der Waals surface area contributed by atoms with Crippen molar-refractivity contribution < 1.29 is 28.2 Å². The van der Waals surface area contributed by atoms with Crippen LogP contribution < -0.4 is 10.2 Å². The van der Waals surface area contributed by atoms with E-state index >= 15 is 0 Å². The number of piperidine rings is 2. The largest absolute Gasteiger partial charge is 0.396 e. The summed E-state index contributed by atoms with van der Waals surface area (Å²) in [4.78, 5) is 25.2. The lowest BCUT2D eigenvalue weighted by Crippen LogP contribution is -2.44. The molecule has 2 amide bonds. The highest BCUT2D eigenvalue weighted by atomic mass is 19.1. The average Bonchev–Trinajstić information content (AvgIpc) is 3.06. The number of aliphatic hydroxyl groups is 1. The first-order valence-corrected chi connectivity index (χ1v) is 9.73. The SMILES string of the molecule is O=C1CCC(c2c(F)cc(N3CCC4(CC3)CC(CO)CO4)cc2F)C(=O)N1. The summed E-state index contributed by atoms with van der Waals surface area (Å²) >= 11 is 0. The number of carbonyl (C=O) groups excluding carboxylic acids is 2. The zero-order valence-corrected chi connectivity index (χ0v) is 15.5. The second-order valence-electron chi connectivity index (χ2n) is 8.06. The molecule has 0 saturated carbocycles. The van der Waals surface area contributed by atoms with Gasteiger partial charge in [0.1, 0.15) is 11.6 Å². The Balaban J connectivity index is 1.48. The molecule has 2 N–H and O–H groups in total. The number of imide groups is 1. The minimum absolute atomic E-state index is 0.0695. The molecule has 2 atom stereocenters. The van der Waals surface area contributed by atoms with Crippen LogP contribution in [-0.4, -0.2) is 48.8 Å². The monoisotopic (exact) mass is 394 g/mol. The number of halogens is 2. The van der Waals surface area contributed by atoms with E-state index in [4.69, 9.17) is 4.74 Å². The lowest BCUT2D eigenvalue weighted by atomic mass is 9.85. The number of amides is 2. The normalized spacial score (nSPS) is 27.3. The Kier molecular flexibility index (Phi) is 5.09. The van der Waals surface area contributed by atoms with Gasteiger partial charge in [0.05, 0.1) is 18.1 Å². The van der Waals surface area contributed by atoms with Crippen molar-refractivity contribution in [2.24, 2.45) is 5.92 Å². The molecule has 3 saturated heterocycles. The molecular weight excluding hydrogens is 370 g/mol. The van der Waals surface area contributed by atoms with Gasteiger partial charge in [0.25, 0.3) is 0 Å². The lowest BCUT2D eigenvalue weighted by molar-refractivity contribution is -0.134. The molecule has 3 heterocycles. The molecule has 6 nitrogen and oxygen atoms in total. The second kappa shape index (κ2) is 7.40. The van der Waals surface area contributed by atoms with E-state index in [2.05, 4.69) is 5.32 Å². The molecule has 152 valence electrons. The number of nitrogens with one attached hydrogen (secondary N) is 1. The van der Waals surface area contributed by atoms with Crippen molar-refractivity contribution in [3.8, 4) is 0 Å². The maximum atomic E-state index is 14.7. The van der Waals surface area contributed by atoms with Crippen LogP contribution in [0.2, 0.25) is 0 Å². The lowest BCUT2D eigenvalue weighted by Gasteiger charge is -2.40. The van der Waals surface area contributed by atoms with Crippen LogP contribution in [0.15, 0.2) is 12.1 Å². The highest BCUT2D eigenvalue weighted by Gasteiger charge is 2.42. The number of ether oxygens (including phenoxy) is 1. The van der Waals surface area contributed by atoms with Crippen molar-refractivity contribution in [2.45, 2.75) is 43.6 Å². The Morgan fingerprint density at radius 2 is 1.89 bits per heavy atom. The van der Waals surface area contributed by atoms with Gasteiger partial charge in [-0.25, -0.2) is 8.78 Å². The molecule has 0 radical (unpaired) electrons. The maximum Gasteiger partial charge on any atom is 0.234 e. The predicted molar refractivity (Wildman–Crippen MR) is 96.8 cm³/mol. The number of hydrogen-bond donors (Lipinski definition) is 2. The smallest absolute Gasteiger partial charge is 0.234 e. The van der Waals surface area contributed by atoms with Crippen molar-refractivity contribution in [3.63, 3.8) is 0 Å². The number of carbonyl (C=O) groups is 2. The van der Waals surface area contributed by atoms with E-state index in [0.717, 1.165) is 19.3 Å². The fraction of sp³-hybridized carbons (Fsp3) is 0.600. The number of aliphatic hydroxyl groups excluding tert-OH is 1. The zero-order chi connectivity index (χ0) is 19.9. The third kappa shape index (κ3) is 3.51. The third-order valence-corrected chi connectivity index (χ3v) is 6.24. The summed E-state index contributed by atoms with van der Waals surface area (Å²) in [5.74, 6) is -3.42. The fourth-order valence-corrected chi connectivity index (χ4v) is 4.63.